The van der Waals surface area contributed by atoms with Crippen molar-refractivity contribution in [1.82, 2.24) is 34.6 Å². The van der Waals surface area contributed by atoms with Gasteiger partial charge in [0, 0.05) is 36.8 Å². The molecule has 1 aliphatic carbocycles. The predicted molar refractivity (Wildman–Crippen MR) is 156 cm³/mol. The zero-order valence-corrected chi connectivity index (χ0v) is 22.7. The summed E-state index contributed by atoms with van der Waals surface area (Å²) in [6.07, 6.45) is 3.77. The Morgan fingerprint density at radius 1 is 1.09 bits per heavy atom. The van der Waals surface area contributed by atoms with Crippen LogP contribution in [0.3, 0.4) is 0 Å². The Hall–Kier alpha value is -5.98. The van der Waals surface area contributed by atoms with Crippen LogP contribution in [0.15, 0.2) is 79.3 Å². The van der Waals surface area contributed by atoms with E-state index in [1.54, 1.807) is 65.7 Å². The van der Waals surface area contributed by atoms with Crippen LogP contribution in [0.4, 0.5) is 14.6 Å². The number of fused-ring (bicyclic) bond motifs is 2. The molecule has 218 valence electrons. The first-order valence-electron chi connectivity index (χ1n) is 13.5. The summed E-state index contributed by atoms with van der Waals surface area (Å²) in [5, 5.41) is 16.5. The first-order valence-corrected chi connectivity index (χ1v) is 13.5. The van der Waals surface area contributed by atoms with Crippen LogP contribution in [0.2, 0.25) is 0 Å². The van der Waals surface area contributed by atoms with Gasteiger partial charge in [-0.15, -0.1) is 0 Å². The summed E-state index contributed by atoms with van der Waals surface area (Å²) < 4.78 is 33.3. The lowest BCUT2D eigenvalue weighted by molar-refractivity contribution is 0.0910. The second kappa shape index (κ2) is 10.4. The molecule has 0 aliphatic heterocycles. The van der Waals surface area contributed by atoms with E-state index in [1.165, 1.54) is 0 Å². The van der Waals surface area contributed by atoms with Crippen molar-refractivity contribution in [2.45, 2.75) is 18.6 Å². The van der Waals surface area contributed by atoms with Crippen LogP contribution in [-0.2, 0) is 6.42 Å². The van der Waals surface area contributed by atoms with Gasteiger partial charge in [0.15, 0.2) is 23.6 Å². The number of nitrogen functional groups attached to an aromatic ring is 1. The van der Waals surface area contributed by atoms with Crippen LogP contribution in [-0.4, -0.2) is 52.8 Å². The van der Waals surface area contributed by atoms with E-state index in [2.05, 4.69) is 15.4 Å². The average Bonchev–Trinajstić information content (AvgIpc) is 3.75. The van der Waals surface area contributed by atoms with Crippen molar-refractivity contribution in [2.75, 3.05) is 5.73 Å². The number of nitrogens with zero attached hydrogens (tertiary/aromatic N) is 6. The number of nitrogens with one attached hydrogen (secondary N) is 1. The Morgan fingerprint density at radius 3 is 2.73 bits per heavy atom. The fraction of sp³-hybridized carbons (Fsp3) is 0.0968. The fourth-order valence-electron chi connectivity index (χ4n) is 5.48. The molecule has 7 rings (SSSR count). The lowest BCUT2D eigenvalue weighted by atomic mass is 10.0. The topological polar surface area (TPSA) is 154 Å². The molecule has 1 amide bonds. The maximum atomic E-state index is 15.4. The molecule has 2 atom stereocenters. The Morgan fingerprint density at radius 2 is 1.95 bits per heavy atom. The first-order chi connectivity index (χ1) is 21.3. The average molecular weight is 593 g/mol. The maximum absolute atomic E-state index is 15.4. The molecule has 0 saturated carbocycles. The highest BCUT2D eigenvalue weighted by Gasteiger charge is 2.35. The highest BCUT2D eigenvalue weighted by Crippen LogP contribution is 2.37. The molecule has 0 spiro atoms. The molecule has 2 aromatic carbocycles. The van der Waals surface area contributed by atoms with Crippen LogP contribution in [0.1, 0.15) is 37.9 Å². The number of hydrogen-bond donors (Lipinski definition) is 3. The summed E-state index contributed by atoms with van der Waals surface area (Å²) in [5.41, 5.74) is 8.92. The molecular formula is C31H22F2N8O3. The van der Waals surface area contributed by atoms with Gasteiger partial charge in [-0.1, -0.05) is 6.07 Å². The monoisotopic (exact) mass is 592 g/mol. The van der Waals surface area contributed by atoms with E-state index in [1.807, 2.05) is 10.6 Å². The second-order valence-electron chi connectivity index (χ2n) is 10.2. The number of hydrogen-bond acceptors (Lipinski definition) is 8. The van der Waals surface area contributed by atoms with Crippen molar-refractivity contribution >= 4 is 29.2 Å². The molecular weight excluding hydrogens is 570 g/mol. The highest BCUT2D eigenvalue weighted by molar-refractivity contribution is 5.97. The summed E-state index contributed by atoms with van der Waals surface area (Å²) in [6, 6.07) is 14.7. The molecule has 4 aromatic heterocycles. The van der Waals surface area contributed by atoms with E-state index in [4.69, 9.17) is 15.7 Å². The molecule has 6 aromatic rings. The smallest absolute Gasteiger partial charge is 0.254 e. The number of nitrogens with two attached hydrogens (primary N) is 1. The van der Waals surface area contributed by atoms with Gasteiger partial charge in [0.25, 0.3) is 5.91 Å². The van der Waals surface area contributed by atoms with E-state index in [0.717, 1.165) is 6.07 Å². The van der Waals surface area contributed by atoms with Crippen LogP contribution < -0.4 is 11.1 Å². The minimum atomic E-state index is -1.51. The molecule has 0 saturated heterocycles. The molecule has 0 radical (unpaired) electrons. The lowest BCUT2D eigenvalue weighted by Crippen LogP contribution is -2.32. The molecule has 0 bridgehead atoms. The van der Waals surface area contributed by atoms with Gasteiger partial charge in [0.05, 0.1) is 22.7 Å². The van der Waals surface area contributed by atoms with Crippen molar-refractivity contribution in [2.24, 2.45) is 0 Å². The van der Waals surface area contributed by atoms with Crippen molar-refractivity contribution < 1.29 is 23.5 Å². The highest BCUT2D eigenvalue weighted by atomic mass is 19.1. The number of aldehydes is 1. The number of carbonyl (C=O) groups excluding carboxylic acids is 2. The Balaban J connectivity index is 1.31. The minimum Gasteiger partial charge on any atom is -0.507 e. The van der Waals surface area contributed by atoms with Gasteiger partial charge in [-0.3, -0.25) is 14.2 Å². The van der Waals surface area contributed by atoms with Crippen LogP contribution in [0, 0.1) is 5.82 Å². The fourth-order valence-corrected chi connectivity index (χ4v) is 5.48. The number of rotatable bonds is 6. The maximum Gasteiger partial charge on any atom is 0.254 e. The van der Waals surface area contributed by atoms with Crippen LogP contribution >= 0.6 is 0 Å². The third-order valence-electron chi connectivity index (χ3n) is 7.58. The number of alkyl halides is 1. The van der Waals surface area contributed by atoms with Crippen molar-refractivity contribution in [1.29, 1.82) is 0 Å². The van der Waals surface area contributed by atoms with Gasteiger partial charge in [0.1, 0.15) is 29.1 Å². The first kappa shape index (κ1) is 26.9. The van der Waals surface area contributed by atoms with E-state index in [0.29, 0.717) is 57.5 Å². The number of benzene rings is 2. The normalized spacial score (nSPS) is 15.8. The summed E-state index contributed by atoms with van der Waals surface area (Å²) in [4.78, 5) is 38.0. The zero-order chi connectivity index (χ0) is 30.5. The number of aromatic nitrogens is 6. The van der Waals surface area contributed by atoms with E-state index < -0.39 is 35.3 Å². The van der Waals surface area contributed by atoms with E-state index in [-0.39, 0.29) is 17.8 Å². The third kappa shape index (κ3) is 4.42. The second-order valence-corrected chi connectivity index (χ2v) is 10.2. The Kier molecular flexibility index (Phi) is 6.34. The molecule has 1 unspecified atom stereocenters. The molecule has 4 heterocycles. The van der Waals surface area contributed by atoms with Gasteiger partial charge in [-0.2, -0.15) is 5.10 Å². The Labute approximate surface area is 247 Å². The SMILES string of the molecule is Nc1ncccc1-c1nc2ccc(-n3cccn3)nc2n1-c1ccc2c(c1)C[C@H](F)C2NC(=O)c1cc(C=O)c(O)cc1F. The molecule has 4 N–H and O–H groups in total. The number of phenols is 1. The molecule has 11 nitrogen and oxygen atoms in total. The van der Waals surface area contributed by atoms with Gasteiger partial charge in [-0.25, -0.2) is 28.4 Å². The number of carbonyl (C=O) groups is 2. The number of halogens is 2. The molecule has 0 fully saturated rings. The lowest BCUT2D eigenvalue weighted by Gasteiger charge is -2.18. The standard InChI is InChI=1S/C31H22F2N8O3/c32-22-14-25(43)17(15-42)12-21(22)31(44)39-27-19-5-4-18(11-16(19)13-23(27)33)41-29(20-3-1-8-35-28(20)34)37-24-6-7-26(38-30(24)41)40-10-2-9-36-40/h1-12,14-15,23,27,43H,13H2,(H2,34,35)(H,39,44)/t23-,27?/m0/s1. The van der Waals surface area contributed by atoms with E-state index in [9.17, 15) is 19.1 Å². The zero-order valence-electron chi connectivity index (χ0n) is 22.7. The molecule has 13 heteroatoms. The number of imidazole rings is 1. The summed E-state index contributed by atoms with van der Waals surface area (Å²) in [6.45, 7) is 0. The number of phenolic OH excluding ortho intramolecular Hbond substituents is 1. The summed E-state index contributed by atoms with van der Waals surface area (Å²) >= 11 is 0. The predicted octanol–water partition coefficient (Wildman–Crippen LogP) is 4.27. The van der Waals surface area contributed by atoms with Crippen LogP contribution in [0.25, 0.3) is 34.1 Å². The molecule has 44 heavy (non-hydrogen) atoms. The number of pyridine rings is 2. The quantitative estimate of drug-likeness (QED) is 0.242. The van der Waals surface area contributed by atoms with Crippen molar-refractivity contribution in [3.8, 4) is 28.6 Å². The van der Waals surface area contributed by atoms with Gasteiger partial charge < -0.3 is 16.2 Å². The third-order valence-corrected chi connectivity index (χ3v) is 7.58. The van der Waals surface area contributed by atoms with Gasteiger partial charge in [0.2, 0.25) is 0 Å². The summed E-state index contributed by atoms with van der Waals surface area (Å²) in [5.74, 6) is -1.25. The van der Waals surface area contributed by atoms with Gasteiger partial charge >= 0.3 is 0 Å². The largest absolute Gasteiger partial charge is 0.507 e. The minimum absolute atomic E-state index is 0.0191. The Bertz CT molecular complexity index is 2090. The van der Waals surface area contributed by atoms with Crippen molar-refractivity contribution in [3.05, 3.63) is 107 Å². The summed E-state index contributed by atoms with van der Waals surface area (Å²) in [7, 11) is 0. The van der Waals surface area contributed by atoms with Crippen LogP contribution in [0.5, 0.6) is 5.75 Å². The number of amides is 1. The molecule has 1 aliphatic rings. The number of anilines is 1. The number of aromatic hydroxyl groups is 1. The van der Waals surface area contributed by atoms with Crippen molar-refractivity contribution in [3.63, 3.8) is 0 Å². The van der Waals surface area contributed by atoms with Gasteiger partial charge in [-0.05, 0) is 59.7 Å². The van der Waals surface area contributed by atoms with E-state index >= 15 is 4.39 Å².